The first kappa shape index (κ1) is 18.8. The van der Waals surface area contributed by atoms with Crippen molar-refractivity contribution in [2.75, 3.05) is 36.4 Å². The first-order valence-electron chi connectivity index (χ1n) is 10.7. The molecule has 152 valence electrons. The second kappa shape index (κ2) is 7.92. The fourth-order valence-corrected chi connectivity index (χ4v) is 4.41. The number of hydrogen-bond donors (Lipinski definition) is 2. The summed E-state index contributed by atoms with van der Waals surface area (Å²) in [5, 5.41) is 20.8. The molecule has 0 aliphatic carbocycles. The fraction of sp³-hybridized carbons (Fsp3) is 0.280. The molecule has 5 heteroatoms. The van der Waals surface area contributed by atoms with Gasteiger partial charge in [0.25, 0.3) is 0 Å². The minimum Gasteiger partial charge on any atom is -0.369 e. The van der Waals surface area contributed by atoms with Gasteiger partial charge in [-0.05, 0) is 42.3 Å². The molecule has 1 saturated heterocycles. The summed E-state index contributed by atoms with van der Waals surface area (Å²) in [4.78, 5) is 2.43. The van der Waals surface area contributed by atoms with Crippen molar-refractivity contribution in [2.24, 2.45) is 0 Å². The van der Waals surface area contributed by atoms with Gasteiger partial charge < -0.3 is 15.5 Å². The lowest BCUT2D eigenvalue weighted by Crippen LogP contribution is -2.43. The van der Waals surface area contributed by atoms with E-state index in [1.165, 1.54) is 22.0 Å². The van der Waals surface area contributed by atoms with Gasteiger partial charge in [-0.2, -0.15) is 5.10 Å². The number of fused-ring (bicyclic) bond motifs is 2. The maximum atomic E-state index is 4.55. The Morgan fingerprint density at radius 3 is 2.57 bits per heavy atom. The molecule has 1 fully saturated rings. The van der Waals surface area contributed by atoms with E-state index in [0.717, 1.165) is 48.5 Å². The Bertz CT molecular complexity index is 1190. The zero-order valence-electron chi connectivity index (χ0n) is 17.5. The predicted octanol–water partition coefficient (Wildman–Crippen LogP) is 4.67. The number of hydrogen-bond acceptors (Lipinski definition) is 5. The van der Waals surface area contributed by atoms with Crippen LogP contribution in [0.2, 0.25) is 0 Å². The third-order valence-corrected chi connectivity index (χ3v) is 6.07. The van der Waals surface area contributed by atoms with Crippen LogP contribution in [0, 0.1) is 6.92 Å². The number of aromatic nitrogens is 2. The molecule has 2 heterocycles. The van der Waals surface area contributed by atoms with E-state index in [1.807, 2.05) is 6.92 Å². The average molecular weight is 398 g/mol. The molecule has 2 N–H and O–H groups in total. The zero-order valence-corrected chi connectivity index (χ0v) is 17.5. The molecule has 3 aromatic carbocycles. The molecule has 4 aromatic rings. The maximum absolute atomic E-state index is 4.55. The van der Waals surface area contributed by atoms with Crippen molar-refractivity contribution in [3.63, 3.8) is 0 Å². The van der Waals surface area contributed by atoms with Crippen molar-refractivity contribution in [2.45, 2.75) is 19.9 Å². The minimum atomic E-state index is 0.110. The minimum absolute atomic E-state index is 0.110. The van der Waals surface area contributed by atoms with Crippen LogP contribution in [0.25, 0.3) is 21.5 Å². The smallest absolute Gasteiger partial charge is 0.157 e. The van der Waals surface area contributed by atoms with Crippen LogP contribution in [-0.2, 0) is 0 Å². The summed E-state index contributed by atoms with van der Waals surface area (Å²) < 4.78 is 0. The molecule has 5 nitrogen and oxygen atoms in total. The van der Waals surface area contributed by atoms with Crippen molar-refractivity contribution >= 4 is 33.1 Å². The number of anilines is 2. The molecule has 0 radical (unpaired) electrons. The van der Waals surface area contributed by atoms with E-state index in [9.17, 15) is 0 Å². The summed E-state index contributed by atoms with van der Waals surface area (Å²) in [6.45, 7) is 8.31. The van der Waals surface area contributed by atoms with Gasteiger partial charge in [0.05, 0.1) is 11.7 Å². The van der Waals surface area contributed by atoms with E-state index >= 15 is 0 Å². The number of piperazine rings is 1. The molecule has 0 bridgehead atoms. The van der Waals surface area contributed by atoms with Crippen molar-refractivity contribution in [3.8, 4) is 0 Å². The number of benzene rings is 3. The van der Waals surface area contributed by atoms with Crippen molar-refractivity contribution in [1.29, 1.82) is 0 Å². The lowest BCUT2D eigenvalue weighted by molar-refractivity contribution is 0.589. The lowest BCUT2D eigenvalue weighted by Gasteiger charge is -2.29. The topological polar surface area (TPSA) is 53.1 Å². The quantitative estimate of drug-likeness (QED) is 0.524. The first-order valence-corrected chi connectivity index (χ1v) is 10.7. The Balaban J connectivity index is 1.53. The van der Waals surface area contributed by atoms with E-state index in [4.69, 9.17) is 0 Å². The lowest BCUT2D eigenvalue weighted by atomic mass is 9.99. The molecule has 1 unspecified atom stereocenters. The summed E-state index contributed by atoms with van der Waals surface area (Å²) in [7, 11) is 0. The van der Waals surface area contributed by atoms with Gasteiger partial charge >= 0.3 is 0 Å². The largest absolute Gasteiger partial charge is 0.369 e. The Morgan fingerprint density at radius 2 is 1.70 bits per heavy atom. The molecule has 5 rings (SSSR count). The average Bonchev–Trinajstić information content (AvgIpc) is 2.81. The van der Waals surface area contributed by atoms with Gasteiger partial charge in [0.15, 0.2) is 5.82 Å². The van der Waals surface area contributed by atoms with Crippen LogP contribution in [0.15, 0.2) is 60.7 Å². The van der Waals surface area contributed by atoms with E-state index in [0.29, 0.717) is 0 Å². The fourth-order valence-electron chi connectivity index (χ4n) is 4.41. The summed E-state index contributed by atoms with van der Waals surface area (Å²) in [5.74, 6) is 0.841. The number of nitrogens with zero attached hydrogens (tertiary/aromatic N) is 3. The number of aryl methyl sites for hydroxylation is 1. The van der Waals surface area contributed by atoms with Gasteiger partial charge in [0.2, 0.25) is 0 Å². The highest BCUT2D eigenvalue weighted by molar-refractivity contribution is 5.95. The predicted molar refractivity (Wildman–Crippen MR) is 125 cm³/mol. The van der Waals surface area contributed by atoms with Gasteiger partial charge in [-0.1, -0.05) is 48.5 Å². The van der Waals surface area contributed by atoms with Gasteiger partial charge in [0.1, 0.15) is 0 Å². The second-order valence-corrected chi connectivity index (χ2v) is 8.04. The van der Waals surface area contributed by atoms with E-state index in [1.54, 1.807) is 0 Å². The summed E-state index contributed by atoms with van der Waals surface area (Å²) in [6, 6.07) is 21.8. The van der Waals surface area contributed by atoms with Crippen LogP contribution >= 0.6 is 0 Å². The normalized spacial score (nSPS) is 15.5. The van der Waals surface area contributed by atoms with E-state index < -0.39 is 0 Å². The zero-order chi connectivity index (χ0) is 20.5. The standard InChI is InChI=1S/C25H27N5/c1-17(21-9-5-7-19-6-3-4-8-23(19)21)27-25-24-16-20(30-14-12-26-13-15-30)10-11-22(24)18(2)28-29-25/h3-11,16-17,26H,12-15H2,1-2H3,(H,27,29). The van der Waals surface area contributed by atoms with E-state index in [-0.39, 0.29) is 6.04 Å². The van der Waals surface area contributed by atoms with Crippen molar-refractivity contribution in [3.05, 3.63) is 71.9 Å². The maximum Gasteiger partial charge on any atom is 0.157 e. The molecule has 1 aromatic heterocycles. The van der Waals surface area contributed by atoms with Crippen molar-refractivity contribution in [1.82, 2.24) is 15.5 Å². The molecule has 1 atom stereocenters. The van der Waals surface area contributed by atoms with Crippen LogP contribution < -0.4 is 15.5 Å². The SMILES string of the molecule is Cc1nnc(NC(C)c2cccc3ccccc23)c2cc(N3CCNCC3)ccc12. The van der Waals surface area contributed by atoms with Crippen LogP contribution in [0.3, 0.4) is 0 Å². The number of nitrogens with one attached hydrogen (secondary N) is 2. The molecule has 0 spiro atoms. The Labute approximate surface area is 177 Å². The summed E-state index contributed by atoms with van der Waals surface area (Å²) >= 11 is 0. The Hall–Kier alpha value is -3.18. The molecule has 1 aliphatic rings. The second-order valence-electron chi connectivity index (χ2n) is 8.04. The molecular weight excluding hydrogens is 370 g/mol. The van der Waals surface area contributed by atoms with Crippen LogP contribution in [0.5, 0.6) is 0 Å². The van der Waals surface area contributed by atoms with E-state index in [2.05, 4.69) is 93.3 Å². The van der Waals surface area contributed by atoms with Gasteiger partial charge in [-0.25, -0.2) is 0 Å². The molecular formula is C25H27N5. The van der Waals surface area contributed by atoms with Gasteiger partial charge in [-0.3, -0.25) is 0 Å². The third-order valence-electron chi connectivity index (χ3n) is 6.07. The van der Waals surface area contributed by atoms with Crippen molar-refractivity contribution < 1.29 is 0 Å². The first-order chi connectivity index (χ1) is 14.7. The molecule has 0 saturated carbocycles. The highest BCUT2D eigenvalue weighted by Crippen LogP contribution is 2.32. The third kappa shape index (κ3) is 3.46. The molecule has 0 amide bonds. The molecule has 1 aliphatic heterocycles. The highest BCUT2D eigenvalue weighted by Gasteiger charge is 2.16. The summed E-state index contributed by atoms with van der Waals surface area (Å²) in [6.07, 6.45) is 0. The summed E-state index contributed by atoms with van der Waals surface area (Å²) in [5.41, 5.74) is 3.47. The Kier molecular flexibility index (Phi) is 4.97. The van der Waals surface area contributed by atoms with Crippen LogP contribution in [-0.4, -0.2) is 36.4 Å². The highest BCUT2D eigenvalue weighted by atomic mass is 15.2. The van der Waals surface area contributed by atoms with Crippen LogP contribution in [0.4, 0.5) is 11.5 Å². The molecule has 30 heavy (non-hydrogen) atoms. The number of rotatable bonds is 4. The Morgan fingerprint density at radius 1 is 0.900 bits per heavy atom. The monoisotopic (exact) mass is 397 g/mol. The van der Waals surface area contributed by atoms with Gasteiger partial charge in [-0.15, -0.1) is 5.10 Å². The van der Waals surface area contributed by atoms with Gasteiger partial charge in [0, 0.05) is 42.6 Å². The van der Waals surface area contributed by atoms with Crippen LogP contribution in [0.1, 0.15) is 24.2 Å².